The van der Waals surface area contributed by atoms with Gasteiger partial charge in [-0.2, -0.15) is 0 Å². The smallest absolute Gasteiger partial charge is 0.408 e. The van der Waals surface area contributed by atoms with Gasteiger partial charge in [0.1, 0.15) is 5.60 Å². The average molecular weight is 273 g/mol. The van der Waals surface area contributed by atoms with Crippen LogP contribution < -0.4 is 5.32 Å². The summed E-state index contributed by atoms with van der Waals surface area (Å²) in [7, 11) is 0. The molecule has 2 N–H and O–H groups in total. The molecule has 6 heteroatoms. The summed E-state index contributed by atoms with van der Waals surface area (Å²) in [6.45, 7) is 6.99. The number of hydrogen-bond donors (Lipinski definition) is 2. The van der Waals surface area contributed by atoms with Gasteiger partial charge in [-0.15, -0.1) is 0 Å². The van der Waals surface area contributed by atoms with Crippen molar-refractivity contribution in [3.8, 4) is 0 Å². The molecule has 0 bridgehead atoms. The summed E-state index contributed by atoms with van der Waals surface area (Å²) in [5, 5.41) is 11.1. The van der Waals surface area contributed by atoms with E-state index >= 15 is 0 Å². The van der Waals surface area contributed by atoms with Crippen molar-refractivity contribution >= 4 is 17.8 Å². The van der Waals surface area contributed by atoms with Crippen molar-refractivity contribution in [2.75, 3.05) is 0 Å². The standard InChI is InChI=1S/C13H23NO5/c1-5-6-10(15)9(7-8-11(16)17)14-12(18)19-13(2,3)4/h9H,5-8H2,1-4H3,(H,14,18)(H,16,17). The predicted octanol–water partition coefficient (Wildman–Crippen LogP) is 2.11. The van der Waals surface area contributed by atoms with E-state index in [2.05, 4.69) is 5.32 Å². The highest BCUT2D eigenvalue weighted by molar-refractivity contribution is 5.87. The Morgan fingerprint density at radius 2 is 1.79 bits per heavy atom. The molecule has 6 nitrogen and oxygen atoms in total. The molecule has 1 amide bonds. The molecule has 0 rings (SSSR count). The van der Waals surface area contributed by atoms with E-state index in [-0.39, 0.29) is 18.6 Å². The zero-order valence-corrected chi connectivity index (χ0v) is 12.0. The SMILES string of the molecule is CCCC(=O)C(CCC(=O)O)NC(=O)OC(C)(C)C. The minimum absolute atomic E-state index is 0.0768. The highest BCUT2D eigenvalue weighted by atomic mass is 16.6. The minimum Gasteiger partial charge on any atom is -0.481 e. The Kier molecular flexibility index (Phi) is 7.11. The second-order valence-electron chi connectivity index (χ2n) is 5.35. The summed E-state index contributed by atoms with van der Waals surface area (Å²) in [6.07, 6.45) is 0.161. The maximum atomic E-state index is 11.8. The Bertz CT molecular complexity index is 332. The number of nitrogens with one attached hydrogen (secondary N) is 1. The molecule has 19 heavy (non-hydrogen) atoms. The number of carboxylic acid groups (broad SMARTS) is 1. The third-order valence-electron chi connectivity index (χ3n) is 2.22. The van der Waals surface area contributed by atoms with Crippen molar-refractivity contribution < 1.29 is 24.2 Å². The molecule has 0 spiro atoms. The molecule has 1 unspecified atom stereocenters. The summed E-state index contributed by atoms with van der Waals surface area (Å²) in [5.41, 5.74) is -0.658. The first-order valence-corrected chi connectivity index (χ1v) is 6.39. The molecule has 0 saturated heterocycles. The number of carboxylic acids is 1. The molecule has 0 aromatic rings. The normalized spacial score (nSPS) is 12.6. The molecule has 0 aliphatic rings. The lowest BCUT2D eigenvalue weighted by Crippen LogP contribution is -2.43. The van der Waals surface area contributed by atoms with Crippen LogP contribution in [0.1, 0.15) is 53.4 Å². The van der Waals surface area contributed by atoms with Crippen LogP contribution in [0.3, 0.4) is 0 Å². The Balaban J connectivity index is 4.52. The Morgan fingerprint density at radius 1 is 1.21 bits per heavy atom. The highest BCUT2D eigenvalue weighted by Gasteiger charge is 2.24. The van der Waals surface area contributed by atoms with Gasteiger partial charge in [-0.3, -0.25) is 9.59 Å². The van der Waals surface area contributed by atoms with Gasteiger partial charge in [0.2, 0.25) is 0 Å². The molecule has 1 atom stereocenters. The number of carbonyl (C=O) groups excluding carboxylic acids is 2. The van der Waals surface area contributed by atoms with Crippen LogP contribution in [0.15, 0.2) is 0 Å². The number of aliphatic carboxylic acids is 1. The third kappa shape index (κ3) is 9.04. The van der Waals surface area contributed by atoms with Gasteiger partial charge in [0, 0.05) is 12.8 Å². The monoisotopic (exact) mass is 273 g/mol. The fourth-order valence-corrected chi connectivity index (χ4v) is 1.45. The number of amides is 1. The van der Waals surface area contributed by atoms with Crippen LogP contribution in [0.25, 0.3) is 0 Å². The van der Waals surface area contributed by atoms with Crippen LogP contribution in [0.2, 0.25) is 0 Å². The lowest BCUT2D eigenvalue weighted by molar-refractivity contribution is -0.137. The van der Waals surface area contributed by atoms with Crippen LogP contribution in [0.4, 0.5) is 4.79 Å². The van der Waals surface area contributed by atoms with Gasteiger partial charge >= 0.3 is 12.1 Å². The first-order chi connectivity index (χ1) is 8.65. The van der Waals surface area contributed by atoms with Gasteiger partial charge < -0.3 is 15.2 Å². The van der Waals surface area contributed by atoms with Gasteiger partial charge in [0.15, 0.2) is 5.78 Å². The molecular formula is C13H23NO5. The first-order valence-electron chi connectivity index (χ1n) is 6.39. The van der Waals surface area contributed by atoms with Crippen LogP contribution in [0, 0.1) is 0 Å². The zero-order chi connectivity index (χ0) is 15.1. The van der Waals surface area contributed by atoms with Crippen molar-refractivity contribution in [3.05, 3.63) is 0 Å². The fourth-order valence-electron chi connectivity index (χ4n) is 1.45. The molecule has 0 radical (unpaired) electrons. The maximum absolute atomic E-state index is 11.8. The quantitative estimate of drug-likeness (QED) is 0.741. The Labute approximate surface area is 113 Å². The second kappa shape index (κ2) is 7.76. The van der Waals surface area contributed by atoms with Crippen molar-refractivity contribution in [2.45, 2.75) is 65.0 Å². The van der Waals surface area contributed by atoms with E-state index in [0.717, 1.165) is 0 Å². The predicted molar refractivity (Wildman–Crippen MR) is 69.9 cm³/mol. The van der Waals surface area contributed by atoms with Gasteiger partial charge in [-0.1, -0.05) is 6.92 Å². The van der Waals surface area contributed by atoms with E-state index in [1.54, 1.807) is 20.8 Å². The number of ether oxygens (including phenoxy) is 1. The van der Waals surface area contributed by atoms with Crippen molar-refractivity contribution in [3.63, 3.8) is 0 Å². The minimum atomic E-state index is -1.000. The Morgan fingerprint density at radius 3 is 2.21 bits per heavy atom. The highest BCUT2D eigenvalue weighted by Crippen LogP contribution is 2.09. The molecule has 110 valence electrons. The van der Waals surface area contributed by atoms with Gasteiger partial charge in [-0.05, 0) is 33.6 Å². The van der Waals surface area contributed by atoms with Gasteiger partial charge in [0.05, 0.1) is 6.04 Å². The first kappa shape index (κ1) is 17.4. The Hall–Kier alpha value is -1.59. The largest absolute Gasteiger partial charge is 0.481 e. The molecule has 0 aromatic heterocycles. The van der Waals surface area contributed by atoms with Crippen LogP contribution in [-0.2, 0) is 14.3 Å². The van der Waals surface area contributed by atoms with Crippen molar-refractivity contribution in [2.24, 2.45) is 0 Å². The van der Waals surface area contributed by atoms with Crippen LogP contribution in [-0.4, -0.2) is 34.6 Å². The third-order valence-corrected chi connectivity index (χ3v) is 2.22. The maximum Gasteiger partial charge on any atom is 0.408 e. The summed E-state index contributed by atoms with van der Waals surface area (Å²) in [6, 6.07) is -0.800. The number of Topliss-reactive ketones (excluding diaryl/α,β-unsaturated/α-hetero) is 1. The second-order valence-corrected chi connectivity index (χ2v) is 5.35. The molecule has 0 fully saturated rings. The average Bonchev–Trinajstić information content (AvgIpc) is 2.21. The molecule has 0 aliphatic heterocycles. The number of alkyl carbamates (subject to hydrolysis) is 1. The number of hydrogen-bond acceptors (Lipinski definition) is 4. The van der Waals surface area contributed by atoms with E-state index in [1.807, 2.05) is 6.92 Å². The molecule has 0 aromatic carbocycles. The van der Waals surface area contributed by atoms with E-state index in [4.69, 9.17) is 9.84 Å². The van der Waals surface area contributed by atoms with E-state index in [9.17, 15) is 14.4 Å². The topological polar surface area (TPSA) is 92.7 Å². The van der Waals surface area contributed by atoms with Gasteiger partial charge in [-0.25, -0.2) is 4.79 Å². The summed E-state index contributed by atoms with van der Waals surface area (Å²) < 4.78 is 5.05. The molecule has 0 aliphatic carbocycles. The fraction of sp³-hybridized carbons (Fsp3) is 0.769. The lowest BCUT2D eigenvalue weighted by atomic mass is 10.0. The molecular weight excluding hydrogens is 250 g/mol. The lowest BCUT2D eigenvalue weighted by Gasteiger charge is -2.22. The summed E-state index contributed by atoms with van der Waals surface area (Å²) in [4.78, 5) is 33.9. The van der Waals surface area contributed by atoms with Crippen LogP contribution in [0.5, 0.6) is 0 Å². The summed E-state index contributed by atoms with van der Waals surface area (Å²) in [5.74, 6) is -1.17. The van der Waals surface area contributed by atoms with Crippen molar-refractivity contribution in [1.82, 2.24) is 5.32 Å². The van der Waals surface area contributed by atoms with Crippen molar-refractivity contribution in [1.29, 1.82) is 0 Å². The van der Waals surface area contributed by atoms with E-state index in [0.29, 0.717) is 12.8 Å². The van der Waals surface area contributed by atoms with Crippen LogP contribution >= 0.6 is 0 Å². The van der Waals surface area contributed by atoms with E-state index < -0.39 is 23.7 Å². The molecule has 0 saturated carbocycles. The zero-order valence-electron chi connectivity index (χ0n) is 12.0. The summed E-state index contributed by atoms with van der Waals surface area (Å²) >= 11 is 0. The molecule has 0 heterocycles. The number of carbonyl (C=O) groups is 3. The number of ketones is 1. The number of rotatable bonds is 7. The van der Waals surface area contributed by atoms with E-state index in [1.165, 1.54) is 0 Å². The van der Waals surface area contributed by atoms with Gasteiger partial charge in [0.25, 0.3) is 0 Å².